The summed E-state index contributed by atoms with van der Waals surface area (Å²) in [5.74, 6) is -0.0385. The van der Waals surface area contributed by atoms with Gasteiger partial charge in [0.1, 0.15) is 11.2 Å². The van der Waals surface area contributed by atoms with E-state index in [4.69, 9.17) is 4.98 Å². The predicted molar refractivity (Wildman–Crippen MR) is 117 cm³/mol. The van der Waals surface area contributed by atoms with Gasteiger partial charge in [-0.1, -0.05) is 30.0 Å². The Morgan fingerprint density at radius 3 is 2.77 bits per heavy atom. The van der Waals surface area contributed by atoms with Crippen LogP contribution in [0.1, 0.15) is 18.0 Å². The Labute approximate surface area is 180 Å². The molecule has 4 aromatic rings. The van der Waals surface area contributed by atoms with Crippen LogP contribution in [-0.2, 0) is 4.79 Å². The number of halogens is 1. The number of carbonyl (C=O) groups excluding carboxylic acids is 1. The maximum absolute atomic E-state index is 13.2. The van der Waals surface area contributed by atoms with Crippen LogP contribution in [0, 0.1) is 12.7 Å². The molecule has 2 aromatic heterocycles. The lowest BCUT2D eigenvalue weighted by molar-refractivity contribution is -0.116. The van der Waals surface area contributed by atoms with Gasteiger partial charge in [0.15, 0.2) is 10.8 Å². The molecule has 0 radical (unpaired) electrons. The molecule has 9 heteroatoms. The van der Waals surface area contributed by atoms with Crippen LogP contribution in [0.2, 0.25) is 0 Å². The van der Waals surface area contributed by atoms with Crippen molar-refractivity contribution in [1.29, 1.82) is 0 Å². The first-order valence-electron chi connectivity index (χ1n) is 9.76. The number of anilines is 1. The number of thioether (sulfide) groups is 1. The van der Waals surface area contributed by atoms with Gasteiger partial charge in [-0.3, -0.25) is 14.2 Å². The van der Waals surface area contributed by atoms with E-state index in [0.29, 0.717) is 27.6 Å². The molecule has 0 fully saturated rings. The molecule has 1 amide bonds. The maximum atomic E-state index is 13.2. The van der Waals surface area contributed by atoms with Crippen LogP contribution in [-0.4, -0.2) is 31.0 Å². The molecule has 0 aliphatic carbocycles. The van der Waals surface area contributed by atoms with E-state index in [0.717, 1.165) is 11.3 Å². The first kappa shape index (κ1) is 19.5. The average molecular weight is 435 g/mol. The number of hydrogen-bond acceptors (Lipinski definition) is 5. The van der Waals surface area contributed by atoms with Gasteiger partial charge >= 0.3 is 0 Å². The van der Waals surface area contributed by atoms with E-state index in [1.807, 2.05) is 31.2 Å². The van der Waals surface area contributed by atoms with Crippen molar-refractivity contribution in [2.75, 3.05) is 11.1 Å². The number of nitrogens with one attached hydrogen (secondary N) is 1. The van der Waals surface area contributed by atoms with Crippen molar-refractivity contribution in [2.24, 2.45) is 0 Å². The van der Waals surface area contributed by atoms with Crippen molar-refractivity contribution in [2.45, 2.75) is 24.5 Å². The normalized spacial score (nSPS) is 15.2. The summed E-state index contributed by atoms with van der Waals surface area (Å²) >= 11 is 1.45. The fourth-order valence-corrected chi connectivity index (χ4v) is 4.85. The zero-order chi connectivity index (χ0) is 21.5. The van der Waals surface area contributed by atoms with Gasteiger partial charge in [0.2, 0.25) is 5.91 Å². The van der Waals surface area contributed by atoms with E-state index in [2.05, 4.69) is 10.4 Å². The Hall–Kier alpha value is -3.46. The molecule has 3 heterocycles. The van der Waals surface area contributed by atoms with Crippen molar-refractivity contribution in [3.8, 4) is 5.69 Å². The zero-order valence-corrected chi connectivity index (χ0v) is 17.4. The molecule has 1 unspecified atom stereocenters. The summed E-state index contributed by atoms with van der Waals surface area (Å²) < 4.78 is 16.3. The molecular weight excluding hydrogens is 417 g/mol. The quantitative estimate of drug-likeness (QED) is 0.494. The van der Waals surface area contributed by atoms with E-state index in [9.17, 15) is 14.0 Å². The minimum atomic E-state index is -0.369. The molecule has 5 rings (SSSR count). The minimum Gasteiger partial charge on any atom is -0.326 e. The number of para-hydroxylation sites is 1. The molecule has 0 spiro atoms. The van der Waals surface area contributed by atoms with Gasteiger partial charge in [0.25, 0.3) is 5.56 Å². The second-order valence-corrected chi connectivity index (χ2v) is 8.36. The fraction of sp³-hybridized carbons (Fsp3) is 0.182. The van der Waals surface area contributed by atoms with E-state index >= 15 is 0 Å². The van der Waals surface area contributed by atoms with E-state index in [1.165, 1.54) is 42.2 Å². The van der Waals surface area contributed by atoms with Gasteiger partial charge in [-0.25, -0.2) is 14.1 Å². The average Bonchev–Trinajstić information content (AvgIpc) is 3.35. The van der Waals surface area contributed by atoms with Gasteiger partial charge in [0.05, 0.1) is 17.9 Å². The second kappa shape index (κ2) is 7.66. The van der Waals surface area contributed by atoms with Crippen molar-refractivity contribution >= 4 is 34.4 Å². The van der Waals surface area contributed by atoms with Gasteiger partial charge < -0.3 is 5.32 Å². The van der Waals surface area contributed by atoms with Crippen LogP contribution >= 0.6 is 11.8 Å². The monoisotopic (exact) mass is 435 g/mol. The Kier molecular flexibility index (Phi) is 4.82. The minimum absolute atomic E-state index is 0.121. The molecular formula is C22H18FN5O2S. The van der Waals surface area contributed by atoms with E-state index in [-0.39, 0.29) is 29.7 Å². The summed E-state index contributed by atoms with van der Waals surface area (Å²) in [7, 11) is 0. The molecule has 0 saturated carbocycles. The van der Waals surface area contributed by atoms with Crippen molar-refractivity contribution < 1.29 is 9.18 Å². The third kappa shape index (κ3) is 3.50. The third-order valence-corrected chi connectivity index (χ3v) is 6.36. The lowest BCUT2D eigenvalue weighted by atomic mass is 10.2. The predicted octanol–water partition coefficient (Wildman–Crippen LogP) is 3.71. The molecule has 1 aliphatic heterocycles. The van der Waals surface area contributed by atoms with Crippen molar-refractivity contribution in [3.63, 3.8) is 0 Å². The summed E-state index contributed by atoms with van der Waals surface area (Å²) in [6.45, 7) is 1.98. The summed E-state index contributed by atoms with van der Waals surface area (Å²) in [6.07, 6.45) is 1.65. The maximum Gasteiger partial charge on any atom is 0.265 e. The standard InChI is InChI=1S/C22H18FN5O2S/c1-13-4-2-3-5-18(13)28-20-17(11-24-28)21(30)27-16(12-31-22(27)26-20)10-19(29)25-15-8-6-14(23)7-9-15/h2-9,11,16H,10,12H2,1H3,(H,25,29). The highest BCUT2D eigenvalue weighted by Gasteiger charge is 2.29. The van der Waals surface area contributed by atoms with Crippen LogP contribution < -0.4 is 10.9 Å². The highest BCUT2D eigenvalue weighted by molar-refractivity contribution is 7.99. The van der Waals surface area contributed by atoms with Gasteiger partial charge in [-0.2, -0.15) is 5.10 Å². The Morgan fingerprint density at radius 1 is 1.23 bits per heavy atom. The van der Waals surface area contributed by atoms with Crippen LogP contribution in [0.15, 0.2) is 64.7 Å². The van der Waals surface area contributed by atoms with Crippen molar-refractivity contribution in [1.82, 2.24) is 19.3 Å². The number of fused-ring (bicyclic) bond motifs is 2. The smallest absolute Gasteiger partial charge is 0.265 e. The molecule has 1 atom stereocenters. The summed E-state index contributed by atoms with van der Waals surface area (Å²) in [5, 5.41) is 8.14. The van der Waals surface area contributed by atoms with Gasteiger partial charge in [0, 0.05) is 17.9 Å². The number of aryl methyl sites for hydroxylation is 1. The number of amides is 1. The largest absolute Gasteiger partial charge is 0.326 e. The number of rotatable bonds is 4. The number of benzene rings is 2. The number of nitrogens with zero attached hydrogens (tertiary/aromatic N) is 4. The van der Waals surface area contributed by atoms with Crippen molar-refractivity contribution in [3.05, 3.63) is 76.5 Å². The summed E-state index contributed by atoms with van der Waals surface area (Å²) in [5.41, 5.74) is 2.71. The second-order valence-electron chi connectivity index (χ2n) is 7.37. The van der Waals surface area contributed by atoms with E-state index in [1.54, 1.807) is 9.25 Å². The highest BCUT2D eigenvalue weighted by Crippen LogP contribution is 2.33. The van der Waals surface area contributed by atoms with Gasteiger partial charge in [-0.05, 0) is 42.8 Å². The topological polar surface area (TPSA) is 81.8 Å². The molecule has 7 nitrogen and oxygen atoms in total. The highest BCUT2D eigenvalue weighted by atomic mass is 32.2. The number of hydrogen-bond donors (Lipinski definition) is 1. The molecule has 1 aliphatic rings. The van der Waals surface area contributed by atoms with Crippen LogP contribution in [0.5, 0.6) is 0 Å². The zero-order valence-electron chi connectivity index (χ0n) is 16.6. The van der Waals surface area contributed by atoms with Gasteiger partial charge in [-0.15, -0.1) is 0 Å². The number of aromatic nitrogens is 4. The Bertz CT molecular complexity index is 1360. The molecule has 0 saturated heterocycles. The van der Waals surface area contributed by atoms with Crippen LogP contribution in [0.4, 0.5) is 10.1 Å². The fourth-order valence-electron chi connectivity index (χ4n) is 3.72. The summed E-state index contributed by atoms with van der Waals surface area (Å²) in [4.78, 5) is 30.4. The molecule has 1 N–H and O–H groups in total. The molecule has 0 bridgehead atoms. The lowest BCUT2D eigenvalue weighted by Gasteiger charge is -2.13. The van der Waals surface area contributed by atoms with E-state index < -0.39 is 0 Å². The van der Waals surface area contributed by atoms with Crippen LogP contribution in [0.3, 0.4) is 0 Å². The summed E-state index contributed by atoms with van der Waals surface area (Å²) in [6, 6.07) is 13.0. The Morgan fingerprint density at radius 2 is 2.00 bits per heavy atom. The Balaban J connectivity index is 1.45. The molecule has 2 aromatic carbocycles. The number of carbonyl (C=O) groups is 1. The first-order chi connectivity index (χ1) is 15.0. The molecule has 156 valence electrons. The van der Waals surface area contributed by atoms with Crippen LogP contribution in [0.25, 0.3) is 16.7 Å². The molecule has 31 heavy (non-hydrogen) atoms. The SMILES string of the molecule is Cc1ccccc1-n1ncc2c(=O)n3c(nc21)SCC3CC(=O)Nc1ccc(F)cc1. The first-order valence-corrected chi connectivity index (χ1v) is 10.7. The third-order valence-electron chi connectivity index (χ3n) is 5.26. The lowest BCUT2D eigenvalue weighted by Crippen LogP contribution is -2.27.